The normalized spacial score (nSPS) is 10.1. The summed E-state index contributed by atoms with van der Waals surface area (Å²) in [4.78, 5) is 20.8. The van der Waals surface area contributed by atoms with Gasteiger partial charge in [0.05, 0.1) is 19.9 Å². The summed E-state index contributed by atoms with van der Waals surface area (Å²) in [5, 5.41) is 5.91. The van der Waals surface area contributed by atoms with Gasteiger partial charge in [-0.2, -0.15) is 0 Å². The predicted molar refractivity (Wildman–Crippen MR) is 102 cm³/mol. The molecular formula is C20H20N4O3. The molecule has 1 aromatic heterocycles. The van der Waals surface area contributed by atoms with E-state index in [1.54, 1.807) is 20.3 Å². The number of rotatable bonds is 7. The minimum atomic E-state index is -0.281. The van der Waals surface area contributed by atoms with Crippen molar-refractivity contribution in [1.29, 1.82) is 0 Å². The van der Waals surface area contributed by atoms with Crippen LogP contribution in [0.2, 0.25) is 0 Å². The summed E-state index contributed by atoms with van der Waals surface area (Å²) in [6.07, 6.45) is 1.53. The zero-order chi connectivity index (χ0) is 19.1. The molecule has 0 bridgehead atoms. The maximum Gasteiger partial charge on any atom is 0.270 e. The molecule has 0 spiro atoms. The van der Waals surface area contributed by atoms with Gasteiger partial charge in [0.1, 0.15) is 17.2 Å². The number of carbonyl (C=O) groups is 1. The van der Waals surface area contributed by atoms with Crippen LogP contribution in [0.15, 0.2) is 60.8 Å². The van der Waals surface area contributed by atoms with Crippen LogP contribution in [0.25, 0.3) is 0 Å². The number of amides is 1. The number of nitrogens with zero attached hydrogens (tertiary/aromatic N) is 2. The molecule has 138 valence electrons. The van der Waals surface area contributed by atoms with E-state index in [-0.39, 0.29) is 11.6 Å². The average Bonchev–Trinajstić information content (AvgIpc) is 2.73. The van der Waals surface area contributed by atoms with Gasteiger partial charge in [-0.25, -0.2) is 9.97 Å². The monoisotopic (exact) mass is 364 g/mol. The van der Waals surface area contributed by atoms with Crippen LogP contribution in [0.4, 0.5) is 11.6 Å². The highest BCUT2D eigenvalue weighted by atomic mass is 16.5. The molecule has 0 fully saturated rings. The number of hydrogen-bond acceptors (Lipinski definition) is 6. The molecule has 0 saturated heterocycles. The lowest BCUT2D eigenvalue weighted by Gasteiger charge is -2.10. The first-order valence-corrected chi connectivity index (χ1v) is 8.34. The van der Waals surface area contributed by atoms with E-state index in [2.05, 4.69) is 20.6 Å². The molecule has 0 radical (unpaired) electrons. The van der Waals surface area contributed by atoms with Gasteiger partial charge >= 0.3 is 0 Å². The van der Waals surface area contributed by atoms with E-state index in [9.17, 15) is 4.79 Å². The van der Waals surface area contributed by atoms with Crippen molar-refractivity contribution in [3.05, 3.63) is 72.1 Å². The molecule has 27 heavy (non-hydrogen) atoms. The van der Waals surface area contributed by atoms with Gasteiger partial charge in [0, 0.05) is 12.7 Å². The molecule has 2 N–H and O–H groups in total. The maximum atomic E-state index is 12.4. The highest BCUT2D eigenvalue weighted by Crippen LogP contribution is 2.25. The van der Waals surface area contributed by atoms with Crippen LogP contribution in [-0.4, -0.2) is 30.1 Å². The molecule has 0 unspecified atom stereocenters. The van der Waals surface area contributed by atoms with Crippen LogP contribution in [0, 0.1) is 0 Å². The first kappa shape index (κ1) is 18.2. The van der Waals surface area contributed by atoms with Gasteiger partial charge in [-0.05, 0) is 35.9 Å². The number of hydrogen-bond donors (Lipinski definition) is 2. The van der Waals surface area contributed by atoms with Crippen LogP contribution >= 0.6 is 0 Å². The number of ether oxygens (including phenoxy) is 2. The Bertz CT molecular complexity index is 913. The molecule has 1 heterocycles. The van der Waals surface area contributed by atoms with Gasteiger partial charge in [0.15, 0.2) is 0 Å². The molecule has 0 atom stereocenters. The highest BCUT2D eigenvalue weighted by Gasteiger charge is 2.10. The van der Waals surface area contributed by atoms with E-state index < -0.39 is 0 Å². The molecular weight excluding hydrogens is 344 g/mol. The fourth-order valence-corrected chi connectivity index (χ4v) is 2.43. The second-order valence-corrected chi connectivity index (χ2v) is 5.62. The van der Waals surface area contributed by atoms with Gasteiger partial charge < -0.3 is 20.1 Å². The second kappa shape index (κ2) is 8.66. The van der Waals surface area contributed by atoms with Crippen molar-refractivity contribution in [1.82, 2.24) is 15.3 Å². The Kier molecular flexibility index (Phi) is 5.84. The Labute approximate surface area is 157 Å². The molecule has 1 amide bonds. The SMILES string of the molecule is COc1ccc(CNC(=O)c2ccnc(Nc3ccccc3OC)n2)cc1. The summed E-state index contributed by atoms with van der Waals surface area (Å²) in [5.41, 5.74) is 1.96. The van der Waals surface area contributed by atoms with Gasteiger partial charge in [-0.1, -0.05) is 24.3 Å². The lowest BCUT2D eigenvalue weighted by atomic mass is 10.2. The van der Waals surface area contributed by atoms with Gasteiger partial charge in [0.25, 0.3) is 5.91 Å². The standard InChI is InChI=1S/C20H20N4O3/c1-26-15-9-7-14(8-10-15)13-22-19(25)17-11-12-21-20(24-17)23-16-5-3-4-6-18(16)27-2/h3-12H,13H2,1-2H3,(H,22,25)(H,21,23,24). The van der Waals surface area contributed by atoms with Crippen LogP contribution in [0.5, 0.6) is 11.5 Å². The number of para-hydroxylation sites is 2. The Balaban J connectivity index is 1.66. The number of anilines is 2. The van der Waals surface area contributed by atoms with E-state index in [1.807, 2.05) is 48.5 Å². The highest BCUT2D eigenvalue weighted by molar-refractivity contribution is 5.92. The first-order chi connectivity index (χ1) is 13.2. The number of methoxy groups -OCH3 is 2. The maximum absolute atomic E-state index is 12.4. The van der Waals surface area contributed by atoms with Crippen LogP contribution in [0.3, 0.4) is 0 Å². The number of aromatic nitrogens is 2. The second-order valence-electron chi connectivity index (χ2n) is 5.62. The van der Waals surface area contributed by atoms with E-state index in [1.165, 1.54) is 6.20 Å². The minimum Gasteiger partial charge on any atom is -0.497 e. The van der Waals surface area contributed by atoms with E-state index in [0.29, 0.717) is 18.2 Å². The van der Waals surface area contributed by atoms with Gasteiger partial charge in [-0.3, -0.25) is 4.79 Å². The van der Waals surface area contributed by atoms with Crippen LogP contribution in [-0.2, 0) is 6.54 Å². The smallest absolute Gasteiger partial charge is 0.270 e. The summed E-state index contributed by atoms with van der Waals surface area (Å²) in [5.74, 6) is 1.47. The van der Waals surface area contributed by atoms with Crippen molar-refractivity contribution in [3.8, 4) is 11.5 Å². The third-order valence-electron chi connectivity index (χ3n) is 3.85. The van der Waals surface area contributed by atoms with E-state index in [0.717, 1.165) is 17.0 Å². The summed E-state index contributed by atoms with van der Waals surface area (Å²) in [6, 6.07) is 16.5. The van der Waals surface area contributed by atoms with Crippen molar-refractivity contribution in [2.24, 2.45) is 0 Å². The summed E-state index contributed by atoms with van der Waals surface area (Å²) in [7, 11) is 3.20. The molecule has 0 aliphatic heterocycles. The van der Waals surface area contributed by atoms with Crippen molar-refractivity contribution in [2.75, 3.05) is 19.5 Å². The molecule has 0 saturated carbocycles. The van der Waals surface area contributed by atoms with Crippen molar-refractivity contribution < 1.29 is 14.3 Å². The topological polar surface area (TPSA) is 85.4 Å². The van der Waals surface area contributed by atoms with Gasteiger partial charge in [-0.15, -0.1) is 0 Å². The predicted octanol–water partition coefficient (Wildman–Crippen LogP) is 3.17. The lowest BCUT2D eigenvalue weighted by molar-refractivity contribution is 0.0946. The lowest BCUT2D eigenvalue weighted by Crippen LogP contribution is -2.24. The van der Waals surface area contributed by atoms with E-state index in [4.69, 9.17) is 9.47 Å². The molecule has 7 nitrogen and oxygen atoms in total. The largest absolute Gasteiger partial charge is 0.497 e. The number of nitrogens with one attached hydrogen (secondary N) is 2. The molecule has 0 aliphatic carbocycles. The van der Waals surface area contributed by atoms with Gasteiger partial charge in [0.2, 0.25) is 5.95 Å². The Morgan fingerprint density at radius 3 is 2.52 bits per heavy atom. The fraction of sp³-hybridized carbons (Fsp3) is 0.150. The zero-order valence-electron chi connectivity index (χ0n) is 15.1. The Morgan fingerprint density at radius 1 is 1.00 bits per heavy atom. The average molecular weight is 364 g/mol. The van der Waals surface area contributed by atoms with Crippen LogP contribution < -0.4 is 20.1 Å². The molecule has 3 rings (SSSR count). The summed E-state index contributed by atoms with van der Waals surface area (Å²) >= 11 is 0. The number of carbonyl (C=O) groups excluding carboxylic acids is 1. The van der Waals surface area contributed by atoms with Crippen molar-refractivity contribution in [2.45, 2.75) is 6.54 Å². The van der Waals surface area contributed by atoms with Crippen molar-refractivity contribution in [3.63, 3.8) is 0 Å². The summed E-state index contributed by atoms with van der Waals surface area (Å²) < 4.78 is 10.4. The van der Waals surface area contributed by atoms with Crippen LogP contribution in [0.1, 0.15) is 16.1 Å². The quantitative estimate of drug-likeness (QED) is 0.670. The number of benzene rings is 2. The zero-order valence-corrected chi connectivity index (χ0v) is 15.1. The summed E-state index contributed by atoms with van der Waals surface area (Å²) in [6.45, 7) is 0.391. The van der Waals surface area contributed by atoms with E-state index >= 15 is 0 Å². The molecule has 3 aromatic rings. The minimum absolute atomic E-state index is 0.274. The molecule has 7 heteroatoms. The first-order valence-electron chi connectivity index (χ1n) is 8.34. The molecule has 0 aliphatic rings. The molecule has 2 aromatic carbocycles. The fourth-order valence-electron chi connectivity index (χ4n) is 2.43. The Hall–Kier alpha value is -3.61. The third-order valence-corrected chi connectivity index (χ3v) is 3.85. The van der Waals surface area contributed by atoms with Crippen molar-refractivity contribution >= 4 is 17.5 Å². The third kappa shape index (κ3) is 4.72. The Morgan fingerprint density at radius 2 is 1.78 bits per heavy atom.